The number of carboxylic acid groups (broad SMARTS) is 1. The molecule has 0 unspecified atom stereocenters. The lowest BCUT2D eigenvalue weighted by Crippen LogP contribution is -3.00. The predicted molar refractivity (Wildman–Crippen MR) is 94.3 cm³/mol. The second-order valence-corrected chi connectivity index (χ2v) is 5.70. The topological polar surface area (TPSA) is 139 Å². The summed E-state index contributed by atoms with van der Waals surface area (Å²) in [7, 11) is 0. The molecule has 25 heavy (non-hydrogen) atoms. The number of thiazole rings is 1. The molecule has 0 aliphatic heterocycles. The summed E-state index contributed by atoms with van der Waals surface area (Å²) in [6.07, 6.45) is 2.47. The molecule has 2 rings (SSSR count). The number of hydrogen-bond donors (Lipinski definition) is 4. The van der Waals surface area contributed by atoms with Crippen molar-refractivity contribution in [1.82, 2.24) is 9.97 Å². The Morgan fingerprint density at radius 1 is 1.40 bits per heavy atom. The molecule has 2 aromatic heterocycles. The second-order valence-electron chi connectivity index (χ2n) is 4.76. The Morgan fingerprint density at radius 3 is 2.48 bits per heavy atom. The van der Waals surface area contributed by atoms with E-state index in [4.69, 9.17) is 15.9 Å². The Morgan fingerprint density at radius 2 is 2.00 bits per heavy atom. The Balaban J connectivity index is 0. The van der Waals surface area contributed by atoms with Crippen molar-refractivity contribution in [2.24, 2.45) is 5.73 Å². The maximum Gasteiger partial charge on any atom is 0.317 e. The van der Waals surface area contributed by atoms with Crippen LogP contribution in [-0.2, 0) is 17.8 Å². The van der Waals surface area contributed by atoms with Crippen molar-refractivity contribution in [2.75, 3.05) is 18.9 Å². The van der Waals surface area contributed by atoms with Gasteiger partial charge in [-0.2, -0.15) is 4.57 Å². The highest BCUT2D eigenvalue weighted by Gasteiger charge is 2.16. The van der Waals surface area contributed by atoms with Gasteiger partial charge in [0.2, 0.25) is 5.51 Å². The summed E-state index contributed by atoms with van der Waals surface area (Å²) in [5.74, 6) is 0.249. The van der Waals surface area contributed by atoms with E-state index in [9.17, 15) is 4.79 Å². The standard InChI is InChI=1S/C12H17N4OS.C2H5NO2.2ClH/c1-8-11(3-4-17)18-7-16(8)6-10-5-14-9(2)15-12(10)13;3-1-2(4)5;;/h5,7,17H,3-4,6H2,1-2H3,(H2,13,14,15);1,3H2,(H,4,5);2*1H/q+1;;;/p-1. The highest BCUT2D eigenvalue weighted by Crippen LogP contribution is 2.13. The van der Waals surface area contributed by atoms with Crippen molar-refractivity contribution in [1.29, 1.82) is 0 Å². The first kappa shape index (κ1) is 25.7. The Hall–Kier alpha value is -1.52. The van der Waals surface area contributed by atoms with Crippen LogP contribution in [0.2, 0.25) is 0 Å². The van der Waals surface area contributed by atoms with Crippen molar-refractivity contribution < 1.29 is 32.0 Å². The number of aliphatic carboxylic acids is 1. The second kappa shape index (κ2) is 12.8. The Labute approximate surface area is 162 Å². The zero-order valence-corrected chi connectivity index (χ0v) is 16.4. The Bertz CT molecular complexity index is 670. The van der Waals surface area contributed by atoms with E-state index in [1.165, 1.54) is 4.88 Å². The third-order valence-electron chi connectivity index (χ3n) is 3.03. The summed E-state index contributed by atoms with van der Waals surface area (Å²) >= 11 is 1.65. The van der Waals surface area contributed by atoms with Crippen molar-refractivity contribution in [3.63, 3.8) is 0 Å². The van der Waals surface area contributed by atoms with Crippen LogP contribution in [0.3, 0.4) is 0 Å². The van der Waals surface area contributed by atoms with Gasteiger partial charge < -0.3 is 34.1 Å². The lowest BCUT2D eigenvalue weighted by atomic mass is 10.2. The van der Waals surface area contributed by atoms with Crippen molar-refractivity contribution in [3.8, 4) is 0 Å². The molecule has 0 aliphatic carbocycles. The van der Waals surface area contributed by atoms with Gasteiger partial charge in [0, 0.05) is 26.1 Å². The fraction of sp³-hybridized carbons (Fsp3) is 0.429. The van der Waals surface area contributed by atoms with Gasteiger partial charge in [0.25, 0.3) is 0 Å². The van der Waals surface area contributed by atoms with Crippen LogP contribution in [0.15, 0.2) is 11.7 Å². The number of nitrogens with zero attached hydrogens (tertiary/aromatic N) is 3. The van der Waals surface area contributed by atoms with Gasteiger partial charge in [-0.05, 0) is 6.92 Å². The van der Waals surface area contributed by atoms with Gasteiger partial charge in [0.05, 0.1) is 17.0 Å². The lowest BCUT2D eigenvalue weighted by molar-refractivity contribution is -0.689. The highest BCUT2D eigenvalue weighted by atomic mass is 35.5. The molecular formula is C14H23Cl2N5O3S. The molecule has 6 N–H and O–H groups in total. The molecule has 0 spiro atoms. The van der Waals surface area contributed by atoms with Crippen LogP contribution in [0.25, 0.3) is 0 Å². The summed E-state index contributed by atoms with van der Waals surface area (Å²) in [6, 6.07) is 0. The van der Waals surface area contributed by atoms with Crippen LogP contribution >= 0.6 is 23.7 Å². The number of halogens is 2. The van der Waals surface area contributed by atoms with Crippen LogP contribution in [0.1, 0.15) is 22.0 Å². The third-order valence-corrected chi connectivity index (χ3v) is 4.17. The molecule has 0 saturated carbocycles. The molecule has 0 radical (unpaired) electrons. The number of aromatic nitrogens is 3. The van der Waals surface area contributed by atoms with Gasteiger partial charge in [-0.1, -0.05) is 11.3 Å². The molecule has 2 heterocycles. The van der Waals surface area contributed by atoms with Gasteiger partial charge in [-0.25, -0.2) is 9.97 Å². The van der Waals surface area contributed by atoms with Gasteiger partial charge in [0.15, 0.2) is 12.2 Å². The summed E-state index contributed by atoms with van der Waals surface area (Å²) in [6.45, 7) is 4.44. The maximum absolute atomic E-state index is 9.24. The van der Waals surface area contributed by atoms with E-state index in [0.29, 0.717) is 24.6 Å². The van der Waals surface area contributed by atoms with Crippen LogP contribution in [0.4, 0.5) is 5.82 Å². The third kappa shape index (κ3) is 8.41. The van der Waals surface area contributed by atoms with E-state index >= 15 is 0 Å². The monoisotopic (exact) mass is 411 g/mol. The average Bonchev–Trinajstić information content (AvgIpc) is 2.84. The molecule has 0 amide bonds. The number of aliphatic hydroxyl groups excluding tert-OH is 1. The molecule has 8 nitrogen and oxygen atoms in total. The molecule has 0 saturated heterocycles. The average molecular weight is 412 g/mol. The molecule has 2 aromatic rings. The molecule has 0 aromatic carbocycles. The van der Waals surface area contributed by atoms with E-state index in [2.05, 4.69) is 20.3 Å². The largest absolute Gasteiger partial charge is 1.00 e. The number of anilines is 1. The van der Waals surface area contributed by atoms with Gasteiger partial charge in [-0.3, -0.25) is 4.79 Å². The summed E-state index contributed by atoms with van der Waals surface area (Å²) in [4.78, 5) is 18.8. The lowest BCUT2D eigenvalue weighted by Gasteiger charge is -2.01. The van der Waals surface area contributed by atoms with Crippen molar-refractivity contribution >= 4 is 35.5 Å². The summed E-state index contributed by atoms with van der Waals surface area (Å²) < 4.78 is 2.11. The van der Waals surface area contributed by atoms with Crippen LogP contribution in [0.5, 0.6) is 0 Å². The fourth-order valence-electron chi connectivity index (χ4n) is 1.77. The number of carboxylic acids is 1. The number of aliphatic hydroxyl groups is 1. The summed E-state index contributed by atoms with van der Waals surface area (Å²) in [5, 5.41) is 16.6. The van der Waals surface area contributed by atoms with Crippen LogP contribution < -0.4 is 28.4 Å². The van der Waals surface area contributed by atoms with Crippen molar-refractivity contribution in [3.05, 3.63) is 33.7 Å². The zero-order chi connectivity index (χ0) is 17.4. The number of carbonyl (C=O) groups is 1. The number of nitrogen functional groups attached to an aromatic ring is 1. The molecule has 142 valence electrons. The number of aryl methyl sites for hydroxylation is 1. The molecule has 0 fully saturated rings. The molecular weight excluding hydrogens is 389 g/mol. The fourth-order valence-corrected chi connectivity index (χ4v) is 2.75. The quantitative estimate of drug-likeness (QED) is 0.386. The molecule has 11 heteroatoms. The molecule has 0 bridgehead atoms. The number of rotatable bonds is 5. The smallest absolute Gasteiger partial charge is 0.317 e. The van der Waals surface area contributed by atoms with E-state index in [1.807, 2.05) is 19.4 Å². The number of hydrogen-bond acceptors (Lipinski definition) is 7. The van der Waals surface area contributed by atoms with E-state index < -0.39 is 5.97 Å². The number of nitrogens with two attached hydrogens (primary N) is 2. The van der Waals surface area contributed by atoms with Gasteiger partial charge in [-0.15, -0.1) is 12.4 Å². The van der Waals surface area contributed by atoms with Gasteiger partial charge in [0.1, 0.15) is 11.6 Å². The first-order valence-electron chi connectivity index (χ1n) is 6.96. The minimum Gasteiger partial charge on any atom is -1.00 e. The predicted octanol–water partition coefficient (Wildman–Crippen LogP) is -2.94. The SMILES string of the molecule is Cc1ncc(C[n+]2csc(CCO)c2C)c(N)n1.Cl.NCC(=O)O.[Cl-]. The normalized spacial score (nSPS) is 9.28. The van der Waals surface area contributed by atoms with Crippen LogP contribution in [0, 0.1) is 13.8 Å². The van der Waals surface area contributed by atoms with Crippen LogP contribution in [-0.4, -0.2) is 39.3 Å². The van der Waals surface area contributed by atoms with Crippen molar-refractivity contribution in [2.45, 2.75) is 26.8 Å². The minimum absolute atomic E-state index is 0. The summed E-state index contributed by atoms with van der Waals surface area (Å²) in [5.41, 5.74) is 14.6. The highest BCUT2D eigenvalue weighted by molar-refractivity contribution is 7.09. The first-order chi connectivity index (χ1) is 10.9. The maximum atomic E-state index is 9.24. The van der Waals surface area contributed by atoms with E-state index in [-0.39, 0.29) is 38.0 Å². The van der Waals surface area contributed by atoms with Gasteiger partial charge >= 0.3 is 5.97 Å². The zero-order valence-electron chi connectivity index (χ0n) is 14.0. The minimum atomic E-state index is -0.968. The molecule has 0 atom stereocenters. The Kier molecular flexibility index (Phi) is 13.2. The van der Waals surface area contributed by atoms with E-state index in [0.717, 1.165) is 11.3 Å². The van der Waals surface area contributed by atoms with E-state index in [1.54, 1.807) is 17.5 Å². The molecule has 0 aliphatic rings. The first-order valence-corrected chi connectivity index (χ1v) is 7.84.